The van der Waals surface area contributed by atoms with Crippen molar-refractivity contribution in [2.45, 2.75) is 57.9 Å². The second-order valence-corrected chi connectivity index (χ2v) is 6.69. The van der Waals surface area contributed by atoms with E-state index < -0.39 is 0 Å². The van der Waals surface area contributed by atoms with E-state index in [0.717, 1.165) is 24.1 Å². The molecule has 1 aromatic heterocycles. The fraction of sp³-hybridized carbons (Fsp3) is 0.706. The fourth-order valence-corrected chi connectivity index (χ4v) is 3.48. The quantitative estimate of drug-likeness (QED) is 0.884. The lowest BCUT2D eigenvalue weighted by atomic mass is 9.81. The van der Waals surface area contributed by atoms with Crippen molar-refractivity contribution in [3.63, 3.8) is 0 Å². The van der Waals surface area contributed by atoms with E-state index in [4.69, 9.17) is 14.7 Å². The van der Waals surface area contributed by atoms with Gasteiger partial charge in [-0.15, -0.1) is 0 Å². The Morgan fingerprint density at radius 2 is 2.25 bits per heavy atom. The van der Waals surface area contributed by atoms with Crippen molar-refractivity contribution in [2.24, 2.45) is 5.92 Å². The average Bonchev–Trinajstić information content (AvgIpc) is 2.86. The zero-order chi connectivity index (χ0) is 17.3. The van der Waals surface area contributed by atoms with E-state index in [-0.39, 0.29) is 30.1 Å². The third kappa shape index (κ3) is 3.17. The highest BCUT2D eigenvalue weighted by Gasteiger charge is 2.35. The molecule has 0 spiro atoms. The van der Waals surface area contributed by atoms with Crippen molar-refractivity contribution >= 4 is 5.91 Å². The summed E-state index contributed by atoms with van der Waals surface area (Å²) in [4.78, 5) is 12.8. The smallest absolute Gasteiger partial charge is 0.270 e. The summed E-state index contributed by atoms with van der Waals surface area (Å²) in [5, 5.41) is 16.5. The molecule has 0 aromatic carbocycles. The molecule has 2 aliphatic rings. The molecule has 0 unspecified atom stereocenters. The molecule has 1 aliphatic heterocycles. The van der Waals surface area contributed by atoms with Crippen LogP contribution in [0, 0.1) is 17.2 Å². The second-order valence-electron chi connectivity index (χ2n) is 6.69. The minimum Gasteiger partial charge on any atom is -0.383 e. The van der Waals surface area contributed by atoms with Gasteiger partial charge in [-0.1, -0.05) is 0 Å². The van der Waals surface area contributed by atoms with E-state index in [1.807, 2.05) is 13.8 Å². The Balaban J connectivity index is 1.84. The van der Waals surface area contributed by atoms with Gasteiger partial charge in [0, 0.05) is 25.1 Å². The number of hydrogen-bond acceptors (Lipinski definition) is 5. The number of carbonyl (C=O) groups excluding carboxylic acids is 1. The Morgan fingerprint density at radius 3 is 2.92 bits per heavy atom. The summed E-state index contributed by atoms with van der Waals surface area (Å²) >= 11 is 0. The molecule has 1 fully saturated rings. The van der Waals surface area contributed by atoms with E-state index in [9.17, 15) is 4.79 Å². The van der Waals surface area contributed by atoms with Crippen LogP contribution in [0.4, 0.5) is 0 Å². The summed E-state index contributed by atoms with van der Waals surface area (Å²) in [5.41, 5.74) is 2.44. The summed E-state index contributed by atoms with van der Waals surface area (Å²) in [6.07, 6.45) is 2.08. The number of nitriles is 1. The third-order valence-corrected chi connectivity index (χ3v) is 4.77. The minimum absolute atomic E-state index is 0.0609. The van der Waals surface area contributed by atoms with Crippen LogP contribution in [0.25, 0.3) is 0 Å². The molecule has 2 heterocycles. The zero-order valence-electron chi connectivity index (χ0n) is 14.4. The summed E-state index contributed by atoms with van der Waals surface area (Å²) < 4.78 is 12.7. The molecule has 1 aliphatic carbocycles. The number of carbonyl (C=O) groups is 1. The molecule has 1 N–H and O–H groups in total. The van der Waals surface area contributed by atoms with E-state index in [0.29, 0.717) is 25.3 Å². The molecule has 1 aromatic rings. The number of aromatic nitrogens is 2. The van der Waals surface area contributed by atoms with Gasteiger partial charge in [0.05, 0.1) is 43.0 Å². The number of methoxy groups -OCH3 is 1. The summed E-state index contributed by atoms with van der Waals surface area (Å²) in [6, 6.07) is 2.32. The van der Waals surface area contributed by atoms with Gasteiger partial charge in [0.1, 0.15) is 5.69 Å². The van der Waals surface area contributed by atoms with Gasteiger partial charge in [-0.3, -0.25) is 9.48 Å². The van der Waals surface area contributed by atoms with Crippen LogP contribution in [-0.2, 0) is 22.4 Å². The topological polar surface area (TPSA) is 89.2 Å². The Hall–Kier alpha value is -1.91. The molecule has 1 saturated carbocycles. The van der Waals surface area contributed by atoms with E-state index in [2.05, 4.69) is 16.5 Å². The van der Waals surface area contributed by atoms with Gasteiger partial charge in [0.15, 0.2) is 0 Å². The lowest BCUT2D eigenvalue weighted by Crippen LogP contribution is -2.44. The van der Waals surface area contributed by atoms with Gasteiger partial charge in [0.2, 0.25) is 0 Å². The summed E-state index contributed by atoms with van der Waals surface area (Å²) in [5.74, 6) is -0.0430. The van der Waals surface area contributed by atoms with Crippen LogP contribution in [0.3, 0.4) is 0 Å². The molecule has 130 valence electrons. The van der Waals surface area contributed by atoms with Crippen molar-refractivity contribution < 1.29 is 14.3 Å². The van der Waals surface area contributed by atoms with Gasteiger partial charge in [-0.25, -0.2) is 0 Å². The van der Waals surface area contributed by atoms with Crippen molar-refractivity contribution in [3.05, 3.63) is 17.0 Å². The normalized spacial score (nSPS) is 28.6. The van der Waals surface area contributed by atoms with Gasteiger partial charge < -0.3 is 14.8 Å². The maximum absolute atomic E-state index is 12.8. The van der Waals surface area contributed by atoms with Crippen LogP contribution < -0.4 is 5.32 Å². The number of nitrogens with zero attached hydrogens (tertiary/aromatic N) is 3. The molecule has 7 heteroatoms. The SMILES string of the molecule is COCCn1nc2c(c1C(=O)NC1CC(C#N)C1)C[C@H](C)O[C@@H]2C. The van der Waals surface area contributed by atoms with Crippen LogP contribution in [0.15, 0.2) is 0 Å². The number of nitrogens with one attached hydrogen (secondary N) is 1. The van der Waals surface area contributed by atoms with Crippen LogP contribution in [0.5, 0.6) is 0 Å². The van der Waals surface area contributed by atoms with Crippen LogP contribution in [0.1, 0.15) is 54.5 Å². The van der Waals surface area contributed by atoms with E-state index in [1.165, 1.54) is 0 Å². The molecule has 24 heavy (non-hydrogen) atoms. The van der Waals surface area contributed by atoms with E-state index in [1.54, 1.807) is 11.8 Å². The Bertz CT molecular complexity index is 658. The van der Waals surface area contributed by atoms with Gasteiger partial charge in [-0.05, 0) is 26.7 Å². The summed E-state index contributed by atoms with van der Waals surface area (Å²) in [7, 11) is 1.63. The summed E-state index contributed by atoms with van der Waals surface area (Å²) in [6.45, 7) is 4.99. The average molecular weight is 332 g/mol. The molecule has 0 radical (unpaired) electrons. The lowest BCUT2D eigenvalue weighted by Gasteiger charge is -2.31. The standard InChI is InChI=1S/C17H24N4O3/c1-10-6-14-15(11(2)24-10)20-21(4-5-23-3)16(14)17(22)19-13-7-12(8-13)9-18/h10-13H,4-8H2,1-3H3,(H,19,22)/t10-,11+,12?,13?/m0/s1. The molecule has 2 atom stereocenters. The monoisotopic (exact) mass is 332 g/mol. The third-order valence-electron chi connectivity index (χ3n) is 4.77. The van der Waals surface area contributed by atoms with Crippen molar-refractivity contribution in [1.29, 1.82) is 5.26 Å². The lowest BCUT2D eigenvalue weighted by molar-refractivity contribution is -0.00717. The molecule has 3 rings (SSSR count). The molecule has 0 saturated heterocycles. The first-order valence-corrected chi connectivity index (χ1v) is 8.48. The number of ether oxygens (including phenoxy) is 2. The first-order chi connectivity index (χ1) is 11.5. The highest BCUT2D eigenvalue weighted by Crippen LogP contribution is 2.32. The van der Waals surface area contributed by atoms with Crippen molar-refractivity contribution in [3.8, 4) is 6.07 Å². The van der Waals surface area contributed by atoms with Crippen LogP contribution in [-0.4, -0.2) is 41.6 Å². The van der Waals surface area contributed by atoms with Crippen LogP contribution >= 0.6 is 0 Å². The fourth-order valence-electron chi connectivity index (χ4n) is 3.48. The van der Waals surface area contributed by atoms with E-state index >= 15 is 0 Å². The first-order valence-electron chi connectivity index (χ1n) is 8.48. The molecular weight excluding hydrogens is 308 g/mol. The predicted molar refractivity (Wildman–Crippen MR) is 86.4 cm³/mol. The van der Waals surface area contributed by atoms with Gasteiger partial charge >= 0.3 is 0 Å². The number of fused-ring (bicyclic) bond motifs is 1. The molecule has 0 bridgehead atoms. The molecule has 1 amide bonds. The van der Waals surface area contributed by atoms with Gasteiger partial charge in [0.25, 0.3) is 5.91 Å². The maximum Gasteiger partial charge on any atom is 0.270 e. The Kier molecular flexibility index (Phi) is 4.88. The minimum atomic E-state index is -0.120. The number of amides is 1. The number of rotatable bonds is 5. The van der Waals surface area contributed by atoms with Crippen molar-refractivity contribution in [1.82, 2.24) is 15.1 Å². The largest absolute Gasteiger partial charge is 0.383 e. The van der Waals surface area contributed by atoms with Gasteiger partial charge in [-0.2, -0.15) is 10.4 Å². The Morgan fingerprint density at radius 1 is 1.50 bits per heavy atom. The molecule has 7 nitrogen and oxygen atoms in total. The first kappa shape index (κ1) is 16.9. The second kappa shape index (κ2) is 6.91. The zero-order valence-corrected chi connectivity index (χ0v) is 14.4. The predicted octanol–water partition coefficient (Wildman–Crippen LogP) is 1.58. The van der Waals surface area contributed by atoms with Crippen molar-refractivity contribution in [2.75, 3.05) is 13.7 Å². The highest BCUT2D eigenvalue weighted by molar-refractivity contribution is 5.94. The highest BCUT2D eigenvalue weighted by atomic mass is 16.5. The molecular formula is C17H24N4O3. The maximum atomic E-state index is 12.8. The number of hydrogen-bond donors (Lipinski definition) is 1. The Labute approximate surface area is 141 Å². The van der Waals surface area contributed by atoms with Crippen LogP contribution in [0.2, 0.25) is 0 Å².